The van der Waals surface area contributed by atoms with Crippen molar-refractivity contribution in [3.05, 3.63) is 23.9 Å². The van der Waals surface area contributed by atoms with Gasteiger partial charge in [-0.05, 0) is 67.9 Å². The highest BCUT2D eigenvalue weighted by Gasteiger charge is 2.39. The number of hydrogen-bond acceptors (Lipinski definition) is 2. The molecule has 1 heterocycles. The molecule has 0 spiro atoms. The molecule has 1 aromatic rings. The smallest absolute Gasteiger partial charge is 0.172 e. The van der Waals surface area contributed by atoms with Gasteiger partial charge in [0.15, 0.2) is 5.11 Å². The van der Waals surface area contributed by atoms with Crippen LogP contribution in [-0.4, -0.2) is 16.1 Å². The van der Waals surface area contributed by atoms with Crippen molar-refractivity contribution < 1.29 is 0 Å². The highest BCUT2D eigenvalue weighted by atomic mass is 32.1. The van der Waals surface area contributed by atoms with Crippen molar-refractivity contribution in [2.24, 2.45) is 11.8 Å². The molecule has 0 radical (unpaired) electrons. The van der Waals surface area contributed by atoms with Gasteiger partial charge in [0.1, 0.15) is 5.82 Å². The average Bonchev–Trinajstić information content (AvgIpc) is 2.90. The van der Waals surface area contributed by atoms with E-state index in [1.165, 1.54) is 31.2 Å². The first-order chi connectivity index (χ1) is 8.70. The van der Waals surface area contributed by atoms with Crippen LogP contribution >= 0.6 is 12.2 Å². The van der Waals surface area contributed by atoms with Gasteiger partial charge >= 0.3 is 0 Å². The number of fused-ring (bicyclic) bond motifs is 2. The summed E-state index contributed by atoms with van der Waals surface area (Å²) < 4.78 is 0. The van der Waals surface area contributed by atoms with E-state index in [1.807, 2.05) is 12.1 Å². The third kappa shape index (κ3) is 2.48. The average molecular weight is 261 g/mol. The molecule has 2 aliphatic carbocycles. The third-order valence-corrected chi connectivity index (χ3v) is 4.43. The SMILES string of the molecule is Cc1ccnc(NC(=S)N[C@H]2C[C@@H]3CC[C@@H]2C3)c1. The lowest BCUT2D eigenvalue weighted by Gasteiger charge is -2.24. The maximum atomic E-state index is 5.37. The molecule has 2 aliphatic rings. The minimum absolute atomic E-state index is 0.577. The molecule has 2 fully saturated rings. The highest BCUT2D eigenvalue weighted by molar-refractivity contribution is 7.80. The normalized spacial score (nSPS) is 29.3. The van der Waals surface area contributed by atoms with Crippen molar-refractivity contribution in [1.82, 2.24) is 10.3 Å². The number of anilines is 1. The second-order valence-electron chi connectivity index (χ2n) is 5.60. The Balaban J connectivity index is 1.56. The van der Waals surface area contributed by atoms with E-state index in [9.17, 15) is 0 Å². The Hall–Kier alpha value is -1.16. The summed E-state index contributed by atoms with van der Waals surface area (Å²) >= 11 is 5.37. The first-order valence-corrected chi connectivity index (χ1v) is 7.12. The Morgan fingerprint density at radius 3 is 2.94 bits per heavy atom. The molecule has 1 aromatic heterocycles. The number of hydrogen-bond donors (Lipinski definition) is 2. The maximum absolute atomic E-state index is 5.37. The Kier molecular flexibility index (Phi) is 3.20. The predicted molar refractivity (Wildman–Crippen MR) is 77.6 cm³/mol. The number of aryl methyl sites for hydroxylation is 1. The minimum atomic E-state index is 0.577. The van der Waals surface area contributed by atoms with Crippen LogP contribution in [0.2, 0.25) is 0 Å². The fourth-order valence-electron chi connectivity index (χ4n) is 3.35. The van der Waals surface area contributed by atoms with Crippen LogP contribution in [0.25, 0.3) is 0 Å². The molecule has 0 saturated heterocycles. The lowest BCUT2D eigenvalue weighted by Crippen LogP contribution is -2.40. The second-order valence-corrected chi connectivity index (χ2v) is 6.01. The van der Waals surface area contributed by atoms with Crippen molar-refractivity contribution in [3.63, 3.8) is 0 Å². The van der Waals surface area contributed by atoms with Crippen LogP contribution in [0.3, 0.4) is 0 Å². The summed E-state index contributed by atoms with van der Waals surface area (Å²) in [5, 5.41) is 7.35. The van der Waals surface area contributed by atoms with Crippen LogP contribution in [0, 0.1) is 18.8 Å². The summed E-state index contributed by atoms with van der Waals surface area (Å²) in [6.45, 7) is 2.05. The van der Waals surface area contributed by atoms with Gasteiger partial charge in [0.25, 0.3) is 0 Å². The fourth-order valence-corrected chi connectivity index (χ4v) is 3.60. The summed E-state index contributed by atoms with van der Waals surface area (Å²) in [6.07, 6.45) is 7.27. The van der Waals surface area contributed by atoms with Crippen molar-refractivity contribution in [2.75, 3.05) is 5.32 Å². The Labute approximate surface area is 113 Å². The van der Waals surface area contributed by atoms with Gasteiger partial charge in [-0.2, -0.15) is 0 Å². The predicted octanol–water partition coefficient (Wildman–Crippen LogP) is 2.87. The topological polar surface area (TPSA) is 37.0 Å². The first-order valence-electron chi connectivity index (χ1n) is 6.71. The molecule has 0 unspecified atom stereocenters. The Morgan fingerprint density at radius 1 is 1.39 bits per heavy atom. The van der Waals surface area contributed by atoms with Crippen LogP contribution in [-0.2, 0) is 0 Å². The summed E-state index contributed by atoms with van der Waals surface area (Å²) in [5.74, 6) is 2.60. The van der Waals surface area contributed by atoms with Crippen LogP contribution in [0.4, 0.5) is 5.82 Å². The summed E-state index contributed by atoms with van der Waals surface area (Å²) in [4.78, 5) is 4.26. The maximum Gasteiger partial charge on any atom is 0.172 e. The van der Waals surface area contributed by atoms with Crippen LogP contribution in [0.15, 0.2) is 18.3 Å². The molecule has 3 atom stereocenters. The largest absolute Gasteiger partial charge is 0.359 e. The molecule has 0 aromatic carbocycles. The molecule has 3 nitrogen and oxygen atoms in total. The van der Waals surface area contributed by atoms with Crippen LogP contribution in [0.1, 0.15) is 31.2 Å². The molecule has 0 aliphatic heterocycles. The summed E-state index contributed by atoms with van der Waals surface area (Å²) in [7, 11) is 0. The van der Waals surface area contributed by atoms with E-state index < -0.39 is 0 Å². The minimum Gasteiger partial charge on any atom is -0.359 e. The van der Waals surface area contributed by atoms with Crippen LogP contribution in [0.5, 0.6) is 0 Å². The van der Waals surface area contributed by atoms with E-state index in [0.717, 1.165) is 17.7 Å². The second kappa shape index (κ2) is 4.84. The molecule has 96 valence electrons. The number of rotatable bonds is 2. The van der Waals surface area contributed by atoms with Crippen molar-refractivity contribution in [3.8, 4) is 0 Å². The molecule has 2 saturated carbocycles. The monoisotopic (exact) mass is 261 g/mol. The number of pyridine rings is 1. The quantitative estimate of drug-likeness (QED) is 0.803. The molecule has 3 rings (SSSR count). The van der Waals surface area contributed by atoms with E-state index in [4.69, 9.17) is 12.2 Å². The van der Waals surface area contributed by atoms with Crippen molar-refractivity contribution in [1.29, 1.82) is 0 Å². The fraction of sp³-hybridized carbons (Fsp3) is 0.571. The van der Waals surface area contributed by atoms with Crippen LogP contribution < -0.4 is 10.6 Å². The summed E-state index contributed by atoms with van der Waals surface area (Å²) in [5.41, 5.74) is 1.19. The van der Waals surface area contributed by atoms with E-state index >= 15 is 0 Å². The molecule has 4 heteroatoms. The van der Waals surface area contributed by atoms with Gasteiger partial charge in [-0.25, -0.2) is 4.98 Å². The summed E-state index contributed by atoms with van der Waals surface area (Å²) in [6, 6.07) is 4.57. The first kappa shape index (κ1) is 11.9. The van der Waals surface area contributed by atoms with E-state index in [0.29, 0.717) is 11.2 Å². The number of nitrogens with one attached hydrogen (secondary N) is 2. The van der Waals surface area contributed by atoms with Gasteiger partial charge in [-0.1, -0.05) is 6.42 Å². The molecule has 18 heavy (non-hydrogen) atoms. The number of aromatic nitrogens is 1. The highest BCUT2D eigenvalue weighted by Crippen LogP contribution is 2.44. The zero-order chi connectivity index (χ0) is 12.5. The molecule has 0 amide bonds. The van der Waals surface area contributed by atoms with Gasteiger partial charge in [0, 0.05) is 12.2 Å². The van der Waals surface area contributed by atoms with Crippen molar-refractivity contribution in [2.45, 2.75) is 38.6 Å². The number of nitrogens with zero attached hydrogens (tertiary/aromatic N) is 1. The van der Waals surface area contributed by atoms with Gasteiger partial charge < -0.3 is 10.6 Å². The Bertz CT molecular complexity index is 460. The van der Waals surface area contributed by atoms with Gasteiger partial charge in [0.2, 0.25) is 0 Å². The van der Waals surface area contributed by atoms with E-state index in [1.54, 1.807) is 6.20 Å². The van der Waals surface area contributed by atoms with Gasteiger partial charge in [-0.15, -0.1) is 0 Å². The molecular formula is C14H19N3S. The lowest BCUT2D eigenvalue weighted by atomic mass is 9.96. The van der Waals surface area contributed by atoms with Gasteiger partial charge in [-0.3, -0.25) is 0 Å². The van der Waals surface area contributed by atoms with E-state index in [-0.39, 0.29) is 0 Å². The lowest BCUT2D eigenvalue weighted by molar-refractivity contribution is 0.392. The molecule has 2 N–H and O–H groups in total. The van der Waals surface area contributed by atoms with Crippen molar-refractivity contribution >= 4 is 23.1 Å². The molecular weight excluding hydrogens is 242 g/mol. The third-order valence-electron chi connectivity index (χ3n) is 4.21. The van der Waals surface area contributed by atoms with Gasteiger partial charge in [0.05, 0.1) is 0 Å². The molecule has 2 bridgehead atoms. The van der Waals surface area contributed by atoms with E-state index in [2.05, 4.69) is 22.5 Å². The number of thiocarbonyl (C=S) groups is 1. The zero-order valence-corrected chi connectivity index (χ0v) is 11.5. The zero-order valence-electron chi connectivity index (χ0n) is 10.6. The standard InChI is InChI=1S/C14H19N3S/c1-9-4-5-15-13(6-9)17-14(18)16-12-8-10-2-3-11(12)7-10/h4-6,10-12H,2-3,7-8H2,1H3,(H2,15,16,17,18)/t10-,11-,12+/m1/s1. The Morgan fingerprint density at radius 2 is 2.28 bits per heavy atom.